The van der Waals surface area contributed by atoms with Crippen LogP contribution in [0.2, 0.25) is 0 Å². The molecule has 0 aliphatic carbocycles. The average Bonchev–Trinajstić information content (AvgIpc) is 2.93. The van der Waals surface area contributed by atoms with E-state index < -0.39 is 0 Å². The normalized spacial score (nSPS) is 12.0. The van der Waals surface area contributed by atoms with Crippen LogP contribution in [-0.4, -0.2) is 18.2 Å². The Kier molecular flexibility index (Phi) is 5.69. The van der Waals surface area contributed by atoms with E-state index in [4.69, 9.17) is 10.5 Å². The van der Waals surface area contributed by atoms with E-state index in [1.165, 1.54) is 22.0 Å². The quantitative estimate of drug-likeness (QED) is 0.762. The fourth-order valence-corrected chi connectivity index (χ4v) is 2.86. The van der Waals surface area contributed by atoms with E-state index in [2.05, 4.69) is 54.1 Å². The van der Waals surface area contributed by atoms with Crippen molar-refractivity contribution in [3.8, 4) is 5.75 Å². The Bertz CT molecular complexity index is 768. The first kappa shape index (κ1) is 17.4. The maximum absolute atomic E-state index is 5.89. The molecule has 1 aromatic heterocycles. The van der Waals surface area contributed by atoms with Gasteiger partial charge in [0.15, 0.2) is 0 Å². The fraction of sp³-hybridized carbons (Fsp3) is 0.263. The van der Waals surface area contributed by atoms with E-state index in [-0.39, 0.29) is 12.4 Å². The zero-order valence-electron chi connectivity index (χ0n) is 13.5. The number of fused-ring (bicyclic) bond motifs is 1. The summed E-state index contributed by atoms with van der Waals surface area (Å²) in [7, 11) is 1.70. The van der Waals surface area contributed by atoms with Gasteiger partial charge in [0.2, 0.25) is 0 Å². The minimum absolute atomic E-state index is 0. The molecule has 3 aromatic rings. The van der Waals surface area contributed by atoms with Gasteiger partial charge in [-0.3, -0.25) is 0 Å². The maximum atomic E-state index is 5.89. The zero-order valence-corrected chi connectivity index (χ0v) is 14.3. The number of nitrogens with two attached hydrogens (primary N) is 1. The summed E-state index contributed by atoms with van der Waals surface area (Å²) >= 11 is 0. The molecule has 0 fully saturated rings. The highest BCUT2D eigenvalue weighted by Gasteiger charge is 2.14. The second kappa shape index (κ2) is 7.53. The maximum Gasteiger partial charge on any atom is 0.119 e. The molecular formula is C19H23ClN2O. The predicted octanol–water partition coefficient (Wildman–Crippen LogP) is 4.18. The summed E-state index contributed by atoms with van der Waals surface area (Å²) in [6, 6.07) is 16.8. The van der Waals surface area contributed by atoms with Crippen LogP contribution >= 0.6 is 12.4 Å². The van der Waals surface area contributed by atoms with Crippen molar-refractivity contribution in [3.63, 3.8) is 0 Å². The first-order valence-electron chi connectivity index (χ1n) is 7.63. The molecule has 3 rings (SSSR count). The van der Waals surface area contributed by atoms with Crippen molar-refractivity contribution in [3.05, 3.63) is 65.9 Å². The monoisotopic (exact) mass is 330 g/mol. The molecule has 122 valence electrons. The molecule has 0 aliphatic heterocycles. The van der Waals surface area contributed by atoms with Crippen LogP contribution in [0.5, 0.6) is 5.75 Å². The third-order valence-corrected chi connectivity index (χ3v) is 4.20. The smallest absolute Gasteiger partial charge is 0.119 e. The van der Waals surface area contributed by atoms with Crippen LogP contribution in [0.1, 0.15) is 24.0 Å². The fourth-order valence-electron chi connectivity index (χ4n) is 2.86. The Morgan fingerprint density at radius 2 is 1.87 bits per heavy atom. The molecule has 23 heavy (non-hydrogen) atoms. The van der Waals surface area contributed by atoms with Crippen molar-refractivity contribution >= 4 is 23.3 Å². The Morgan fingerprint density at radius 1 is 1.13 bits per heavy atom. The second-order valence-electron chi connectivity index (χ2n) is 5.72. The topological polar surface area (TPSA) is 40.2 Å². The minimum atomic E-state index is 0. The summed E-state index contributed by atoms with van der Waals surface area (Å²) in [5, 5.41) is 1.23. The highest BCUT2D eigenvalue weighted by Crippen LogP contribution is 2.31. The number of hydrogen-bond acceptors (Lipinski definition) is 2. The minimum Gasteiger partial charge on any atom is -0.497 e. The first-order chi connectivity index (χ1) is 10.7. The van der Waals surface area contributed by atoms with E-state index >= 15 is 0 Å². The van der Waals surface area contributed by atoms with Gasteiger partial charge in [0.25, 0.3) is 0 Å². The van der Waals surface area contributed by atoms with Gasteiger partial charge in [-0.05, 0) is 41.8 Å². The summed E-state index contributed by atoms with van der Waals surface area (Å²) in [5.41, 5.74) is 9.69. The summed E-state index contributed by atoms with van der Waals surface area (Å²) in [4.78, 5) is 0. The number of benzene rings is 2. The molecule has 1 atom stereocenters. The van der Waals surface area contributed by atoms with Crippen LogP contribution in [-0.2, 0) is 6.54 Å². The molecule has 1 unspecified atom stereocenters. The molecule has 3 nitrogen and oxygen atoms in total. The number of aromatic nitrogens is 1. The van der Waals surface area contributed by atoms with Crippen molar-refractivity contribution in [2.24, 2.45) is 5.73 Å². The molecule has 2 aromatic carbocycles. The summed E-state index contributed by atoms with van der Waals surface area (Å²) in [5.74, 6) is 1.21. The molecular weight excluding hydrogens is 308 g/mol. The lowest BCUT2D eigenvalue weighted by molar-refractivity contribution is 0.415. The van der Waals surface area contributed by atoms with Gasteiger partial charge < -0.3 is 15.0 Å². The van der Waals surface area contributed by atoms with Gasteiger partial charge in [0.1, 0.15) is 5.75 Å². The highest BCUT2D eigenvalue weighted by atomic mass is 35.5. The Balaban J connectivity index is 0.00000192. The van der Waals surface area contributed by atoms with Crippen molar-refractivity contribution in [1.82, 2.24) is 4.57 Å². The van der Waals surface area contributed by atoms with Gasteiger partial charge >= 0.3 is 0 Å². The standard InChI is InChI=1S/C19H22N2O.ClH/c1-14(11-20)18-13-21(12-15-6-4-3-5-7-15)19-9-8-16(22-2)10-17(18)19;/h3-10,13-14H,11-12,20H2,1-2H3;1H. The lowest BCUT2D eigenvalue weighted by Gasteiger charge is -2.07. The van der Waals surface area contributed by atoms with E-state index in [1.54, 1.807) is 7.11 Å². The Labute approximate surface area is 143 Å². The number of hydrogen-bond donors (Lipinski definition) is 1. The van der Waals surface area contributed by atoms with Crippen LogP contribution in [0.3, 0.4) is 0 Å². The molecule has 0 spiro atoms. The number of ether oxygens (including phenoxy) is 1. The third kappa shape index (κ3) is 3.52. The number of methoxy groups -OCH3 is 1. The Morgan fingerprint density at radius 3 is 2.52 bits per heavy atom. The lowest BCUT2D eigenvalue weighted by Crippen LogP contribution is -2.08. The van der Waals surface area contributed by atoms with E-state index in [9.17, 15) is 0 Å². The molecule has 0 saturated carbocycles. The Hall–Kier alpha value is -1.97. The van der Waals surface area contributed by atoms with Gasteiger partial charge in [-0.2, -0.15) is 0 Å². The van der Waals surface area contributed by atoms with Gasteiger partial charge in [-0.15, -0.1) is 12.4 Å². The van der Waals surface area contributed by atoms with Gasteiger partial charge in [-0.25, -0.2) is 0 Å². The van der Waals surface area contributed by atoms with Gasteiger partial charge in [-0.1, -0.05) is 37.3 Å². The van der Waals surface area contributed by atoms with Crippen LogP contribution < -0.4 is 10.5 Å². The number of halogens is 1. The summed E-state index contributed by atoms with van der Waals surface area (Å²) in [6.45, 7) is 3.67. The predicted molar refractivity (Wildman–Crippen MR) is 98.8 cm³/mol. The number of nitrogens with zero attached hydrogens (tertiary/aromatic N) is 1. The summed E-state index contributed by atoms with van der Waals surface area (Å²) < 4.78 is 7.67. The van der Waals surface area contributed by atoms with E-state index in [0.29, 0.717) is 12.5 Å². The van der Waals surface area contributed by atoms with Gasteiger partial charge in [0.05, 0.1) is 7.11 Å². The lowest BCUT2D eigenvalue weighted by atomic mass is 10.0. The molecule has 2 N–H and O–H groups in total. The van der Waals surface area contributed by atoms with Crippen molar-refractivity contribution in [2.75, 3.05) is 13.7 Å². The van der Waals surface area contributed by atoms with Crippen molar-refractivity contribution < 1.29 is 4.74 Å². The van der Waals surface area contributed by atoms with Crippen LogP contribution in [0.15, 0.2) is 54.7 Å². The van der Waals surface area contributed by atoms with Crippen LogP contribution in [0, 0.1) is 0 Å². The first-order valence-corrected chi connectivity index (χ1v) is 7.63. The largest absolute Gasteiger partial charge is 0.497 e. The highest BCUT2D eigenvalue weighted by molar-refractivity contribution is 5.86. The van der Waals surface area contributed by atoms with Crippen molar-refractivity contribution in [2.45, 2.75) is 19.4 Å². The molecule has 0 aliphatic rings. The molecule has 4 heteroatoms. The van der Waals surface area contributed by atoms with Crippen LogP contribution in [0.4, 0.5) is 0 Å². The molecule has 1 heterocycles. The van der Waals surface area contributed by atoms with Crippen LogP contribution in [0.25, 0.3) is 10.9 Å². The molecule has 0 bridgehead atoms. The number of rotatable bonds is 5. The molecule has 0 radical (unpaired) electrons. The molecule has 0 saturated heterocycles. The molecule has 0 amide bonds. The van der Waals surface area contributed by atoms with Gasteiger partial charge in [0, 0.05) is 23.6 Å². The third-order valence-electron chi connectivity index (χ3n) is 4.20. The SMILES string of the molecule is COc1ccc2c(c1)c(C(C)CN)cn2Cc1ccccc1.Cl. The van der Waals surface area contributed by atoms with E-state index in [0.717, 1.165) is 12.3 Å². The zero-order chi connectivity index (χ0) is 15.5. The average molecular weight is 331 g/mol. The van der Waals surface area contributed by atoms with Crippen molar-refractivity contribution in [1.29, 1.82) is 0 Å². The second-order valence-corrected chi connectivity index (χ2v) is 5.72. The van der Waals surface area contributed by atoms with E-state index in [1.807, 2.05) is 12.1 Å². The summed E-state index contributed by atoms with van der Waals surface area (Å²) in [6.07, 6.45) is 2.23.